The van der Waals surface area contributed by atoms with Crippen LogP contribution in [0.25, 0.3) is 0 Å². The number of hydrogen-bond donors (Lipinski definition) is 1. The molecule has 2 heterocycles. The Hall–Kier alpha value is -2.64. The number of nitrogens with one attached hydrogen (secondary N) is 1. The van der Waals surface area contributed by atoms with Gasteiger partial charge in [-0.05, 0) is 35.9 Å². The third-order valence-corrected chi connectivity index (χ3v) is 6.79. The van der Waals surface area contributed by atoms with E-state index in [9.17, 15) is 9.59 Å². The number of carbonyl (C=O) groups is 2. The topological polar surface area (TPSA) is 81.3 Å². The zero-order valence-electron chi connectivity index (χ0n) is 19.0. The molecule has 176 valence electrons. The zero-order valence-corrected chi connectivity index (χ0v) is 20.6. The van der Waals surface area contributed by atoms with Gasteiger partial charge in [-0.2, -0.15) is 0 Å². The number of thiophene rings is 1. The summed E-state index contributed by atoms with van der Waals surface area (Å²) in [5.74, 6) is -0.952. The van der Waals surface area contributed by atoms with Crippen LogP contribution in [0.15, 0.2) is 48.0 Å². The number of halogens is 1. The predicted molar refractivity (Wildman–Crippen MR) is 129 cm³/mol. The summed E-state index contributed by atoms with van der Waals surface area (Å²) in [6, 6.07) is 11.6. The standard InChI is InChI=1S/C25H29ClN2O4S/c1-4-5-10-19(18-11-6-7-12-21(18)26)24-27-15-22(28-24)23(32-16(2)29)20(25(30)31-3)14-17-9-8-13-33-17/h6-9,11-13,15,19-20,23H,4-5,10,14H2,1-3H3,(H,27,28). The summed E-state index contributed by atoms with van der Waals surface area (Å²) in [6.45, 7) is 3.47. The molecule has 0 aliphatic heterocycles. The largest absolute Gasteiger partial charge is 0.469 e. The number of imidazole rings is 1. The molecule has 0 saturated carbocycles. The molecule has 3 aromatic rings. The fourth-order valence-corrected chi connectivity index (χ4v) is 4.96. The molecule has 1 N–H and O–H groups in total. The molecule has 0 bridgehead atoms. The van der Waals surface area contributed by atoms with E-state index in [1.807, 2.05) is 41.8 Å². The number of esters is 2. The van der Waals surface area contributed by atoms with Crippen molar-refractivity contribution in [3.63, 3.8) is 0 Å². The number of H-pyrrole nitrogens is 1. The predicted octanol–water partition coefficient (Wildman–Crippen LogP) is 6.08. The van der Waals surface area contributed by atoms with E-state index in [0.717, 1.165) is 35.5 Å². The number of hydrogen-bond acceptors (Lipinski definition) is 6. The maximum absolute atomic E-state index is 12.7. The molecule has 3 rings (SSSR count). The van der Waals surface area contributed by atoms with E-state index >= 15 is 0 Å². The monoisotopic (exact) mass is 488 g/mol. The van der Waals surface area contributed by atoms with Crippen molar-refractivity contribution in [2.75, 3.05) is 7.11 Å². The smallest absolute Gasteiger partial charge is 0.313 e. The van der Waals surface area contributed by atoms with E-state index in [4.69, 9.17) is 21.1 Å². The minimum Gasteiger partial charge on any atom is -0.469 e. The van der Waals surface area contributed by atoms with Crippen molar-refractivity contribution in [2.45, 2.75) is 51.6 Å². The number of nitrogens with zero attached hydrogens (tertiary/aromatic N) is 1. The molecule has 8 heteroatoms. The van der Waals surface area contributed by atoms with Crippen LogP contribution >= 0.6 is 22.9 Å². The molecule has 6 nitrogen and oxygen atoms in total. The molecule has 0 radical (unpaired) electrons. The molecule has 3 unspecified atom stereocenters. The van der Waals surface area contributed by atoms with E-state index < -0.39 is 24.0 Å². The van der Waals surface area contributed by atoms with Crippen LogP contribution in [-0.4, -0.2) is 29.0 Å². The molecular formula is C25H29ClN2O4S. The third-order valence-electron chi connectivity index (χ3n) is 5.54. The summed E-state index contributed by atoms with van der Waals surface area (Å²) in [5, 5.41) is 2.62. The van der Waals surface area contributed by atoms with Crippen LogP contribution in [0.2, 0.25) is 5.02 Å². The van der Waals surface area contributed by atoms with Gasteiger partial charge in [0.15, 0.2) is 6.10 Å². The normalized spacial score (nSPS) is 13.8. The van der Waals surface area contributed by atoms with Gasteiger partial charge in [0.2, 0.25) is 0 Å². The van der Waals surface area contributed by atoms with Crippen LogP contribution in [0.1, 0.15) is 67.1 Å². The molecule has 0 fully saturated rings. The van der Waals surface area contributed by atoms with Gasteiger partial charge in [0.05, 0.1) is 19.0 Å². The summed E-state index contributed by atoms with van der Waals surface area (Å²) < 4.78 is 10.7. The second-order valence-electron chi connectivity index (χ2n) is 7.88. The minimum atomic E-state index is -0.851. The van der Waals surface area contributed by atoms with Crippen molar-refractivity contribution in [1.29, 1.82) is 0 Å². The van der Waals surface area contributed by atoms with Crippen LogP contribution in [0.4, 0.5) is 0 Å². The van der Waals surface area contributed by atoms with Gasteiger partial charge in [0, 0.05) is 22.7 Å². The second kappa shape index (κ2) is 12.0. The van der Waals surface area contributed by atoms with Gasteiger partial charge in [0.25, 0.3) is 0 Å². The van der Waals surface area contributed by atoms with Crippen molar-refractivity contribution in [1.82, 2.24) is 9.97 Å². The highest BCUT2D eigenvalue weighted by atomic mass is 35.5. The molecule has 1 aromatic carbocycles. The Balaban J connectivity index is 1.98. The number of rotatable bonds is 11. The first-order valence-corrected chi connectivity index (χ1v) is 12.3. The SMILES string of the molecule is CCCCC(c1ncc(C(OC(C)=O)C(Cc2cccs2)C(=O)OC)[nH]1)c1ccccc1Cl. The first-order valence-electron chi connectivity index (χ1n) is 11.0. The van der Waals surface area contributed by atoms with Crippen LogP contribution in [0.3, 0.4) is 0 Å². The lowest BCUT2D eigenvalue weighted by Gasteiger charge is -2.24. The van der Waals surface area contributed by atoms with Gasteiger partial charge < -0.3 is 14.5 Å². The van der Waals surface area contributed by atoms with E-state index in [1.54, 1.807) is 6.20 Å². The Bertz CT molecular complexity index is 1050. The first-order chi connectivity index (χ1) is 15.9. The quantitative estimate of drug-likeness (QED) is 0.330. The van der Waals surface area contributed by atoms with Crippen molar-refractivity contribution in [3.8, 4) is 0 Å². The van der Waals surface area contributed by atoms with Gasteiger partial charge in [-0.25, -0.2) is 4.98 Å². The summed E-state index contributed by atoms with van der Waals surface area (Å²) in [6.07, 6.45) is 4.08. The molecule has 0 aliphatic carbocycles. The average Bonchev–Trinajstić information content (AvgIpc) is 3.49. The molecule has 0 spiro atoms. The summed E-state index contributed by atoms with van der Waals surface area (Å²) in [4.78, 5) is 33.7. The lowest BCUT2D eigenvalue weighted by Crippen LogP contribution is -2.29. The van der Waals surface area contributed by atoms with Gasteiger partial charge >= 0.3 is 11.9 Å². The highest BCUT2D eigenvalue weighted by Gasteiger charge is 2.35. The molecule has 2 aromatic heterocycles. The van der Waals surface area contributed by atoms with Gasteiger partial charge in [-0.3, -0.25) is 9.59 Å². The molecule has 33 heavy (non-hydrogen) atoms. The number of benzene rings is 1. The Morgan fingerprint density at radius 2 is 2.00 bits per heavy atom. The Kier molecular flexibility index (Phi) is 9.09. The number of carbonyl (C=O) groups excluding carboxylic acids is 2. The number of methoxy groups -OCH3 is 1. The van der Waals surface area contributed by atoms with E-state index in [-0.39, 0.29) is 5.92 Å². The van der Waals surface area contributed by atoms with Crippen LogP contribution in [0.5, 0.6) is 0 Å². The first kappa shape index (κ1) is 25.0. The van der Waals surface area contributed by atoms with Crippen LogP contribution in [-0.2, 0) is 25.5 Å². The summed E-state index contributed by atoms with van der Waals surface area (Å²) >= 11 is 8.05. The van der Waals surface area contributed by atoms with Crippen molar-refractivity contribution in [3.05, 3.63) is 75.0 Å². The van der Waals surface area contributed by atoms with E-state index in [1.165, 1.54) is 25.4 Å². The highest BCUT2D eigenvalue weighted by molar-refractivity contribution is 7.09. The Labute approximate surface area is 203 Å². The lowest BCUT2D eigenvalue weighted by atomic mass is 9.92. The Morgan fingerprint density at radius 1 is 1.21 bits per heavy atom. The number of unbranched alkanes of at least 4 members (excludes halogenated alkanes) is 1. The zero-order chi connectivity index (χ0) is 23.8. The van der Waals surface area contributed by atoms with Crippen molar-refractivity contribution >= 4 is 34.9 Å². The average molecular weight is 489 g/mol. The molecular weight excluding hydrogens is 460 g/mol. The highest BCUT2D eigenvalue weighted by Crippen LogP contribution is 2.35. The molecule has 0 amide bonds. The van der Waals surface area contributed by atoms with Crippen molar-refractivity contribution < 1.29 is 19.1 Å². The van der Waals surface area contributed by atoms with Gasteiger partial charge in [-0.1, -0.05) is 55.6 Å². The Morgan fingerprint density at radius 3 is 2.64 bits per heavy atom. The molecule has 0 saturated heterocycles. The van der Waals surface area contributed by atoms with Crippen LogP contribution in [0, 0.1) is 5.92 Å². The van der Waals surface area contributed by atoms with Crippen molar-refractivity contribution in [2.24, 2.45) is 5.92 Å². The fraction of sp³-hybridized carbons (Fsp3) is 0.400. The molecule has 0 aliphatic rings. The maximum Gasteiger partial charge on any atom is 0.313 e. The fourth-order valence-electron chi connectivity index (χ4n) is 3.93. The number of ether oxygens (including phenoxy) is 2. The maximum atomic E-state index is 12.7. The molecule has 3 atom stereocenters. The summed E-state index contributed by atoms with van der Waals surface area (Å²) in [7, 11) is 1.34. The van der Waals surface area contributed by atoms with E-state index in [0.29, 0.717) is 17.1 Å². The number of aromatic amines is 1. The summed E-state index contributed by atoms with van der Waals surface area (Å²) in [5.41, 5.74) is 1.54. The third kappa shape index (κ3) is 6.45. The van der Waals surface area contributed by atoms with E-state index in [2.05, 4.69) is 16.9 Å². The van der Waals surface area contributed by atoms with Gasteiger partial charge in [0.1, 0.15) is 11.7 Å². The van der Waals surface area contributed by atoms with Gasteiger partial charge in [-0.15, -0.1) is 11.3 Å². The minimum absolute atomic E-state index is 0.0424. The second-order valence-corrected chi connectivity index (χ2v) is 9.32. The number of aromatic nitrogens is 2. The lowest BCUT2D eigenvalue weighted by molar-refractivity contribution is -0.159. The van der Waals surface area contributed by atoms with Crippen LogP contribution < -0.4 is 0 Å².